The highest BCUT2D eigenvalue weighted by atomic mass is 16.5. The molecule has 0 radical (unpaired) electrons. The van der Waals surface area contributed by atoms with Gasteiger partial charge in [0, 0.05) is 5.54 Å². The molecule has 0 spiro atoms. The molecule has 0 aromatic heterocycles. The van der Waals surface area contributed by atoms with E-state index in [9.17, 15) is 0 Å². The molecule has 1 saturated carbocycles. The summed E-state index contributed by atoms with van der Waals surface area (Å²) in [6.45, 7) is 7.38. The summed E-state index contributed by atoms with van der Waals surface area (Å²) in [4.78, 5) is 0. The number of hydrogen-bond donors (Lipinski definition) is 1. The van der Waals surface area contributed by atoms with Crippen molar-refractivity contribution in [3.8, 4) is 5.75 Å². The maximum absolute atomic E-state index is 6.37. The van der Waals surface area contributed by atoms with E-state index in [1.54, 1.807) is 0 Å². The zero-order valence-corrected chi connectivity index (χ0v) is 12.5. The van der Waals surface area contributed by atoms with Crippen molar-refractivity contribution in [2.45, 2.75) is 63.8 Å². The standard InChI is InChI=1S/C17H27NO/c1-16(2,3)14-8-4-5-9-15(14)19-13-12-17(18)10-6-7-11-17/h4-5,8-9H,6-7,10-13,18H2,1-3H3. The smallest absolute Gasteiger partial charge is 0.123 e. The van der Waals surface area contributed by atoms with Crippen LogP contribution >= 0.6 is 0 Å². The molecular weight excluding hydrogens is 234 g/mol. The molecule has 106 valence electrons. The van der Waals surface area contributed by atoms with Crippen LogP contribution in [0, 0.1) is 0 Å². The van der Waals surface area contributed by atoms with Gasteiger partial charge in [0.05, 0.1) is 6.61 Å². The Morgan fingerprint density at radius 3 is 2.42 bits per heavy atom. The fourth-order valence-electron chi connectivity index (χ4n) is 2.91. The zero-order chi connectivity index (χ0) is 13.9. The Balaban J connectivity index is 1.96. The van der Waals surface area contributed by atoms with Gasteiger partial charge in [0.15, 0.2) is 0 Å². The molecule has 2 heteroatoms. The lowest BCUT2D eigenvalue weighted by molar-refractivity contribution is 0.254. The molecule has 1 aliphatic carbocycles. The molecule has 2 N–H and O–H groups in total. The molecule has 0 saturated heterocycles. The molecule has 0 heterocycles. The van der Waals surface area contributed by atoms with Crippen molar-refractivity contribution in [2.75, 3.05) is 6.61 Å². The highest BCUT2D eigenvalue weighted by Crippen LogP contribution is 2.33. The first-order valence-electron chi connectivity index (χ1n) is 7.42. The maximum atomic E-state index is 6.37. The summed E-state index contributed by atoms with van der Waals surface area (Å²) in [5.74, 6) is 1.01. The van der Waals surface area contributed by atoms with Crippen molar-refractivity contribution < 1.29 is 4.74 Å². The van der Waals surface area contributed by atoms with Crippen LogP contribution < -0.4 is 10.5 Å². The van der Waals surface area contributed by atoms with E-state index in [-0.39, 0.29) is 11.0 Å². The van der Waals surface area contributed by atoms with E-state index in [4.69, 9.17) is 10.5 Å². The molecule has 0 unspecified atom stereocenters. The van der Waals surface area contributed by atoms with E-state index < -0.39 is 0 Å². The number of nitrogens with two attached hydrogens (primary N) is 1. The first-order valence-corrected chi connectivity index (χ1v) is 7.42. The minimum atomic E-state index is 0.0245. The number of para-hydroxylation sites is 1. The molecule has 1 aromatic carbocycles. The monoisotopic (exact) mass is 261 g/mol. The Morgan fingerprint density at radius 2 is 1.79 bits per heavy atom. The number of benzene rings is 1. The summed E-state index contributed by atoms with van der Waals surface area (Å²) in [6, 6.07) is 8.34. The fraction of sp³-hybridized carbons (Fsp3) is 0.647. The van der Waals surface area contributed by atoms with Crippen LogP contribution in [-0.4, -0.2) is 12.1 Å². The molecule has 0 bridgehead atoms. The first-order chi connectivity index (χ1) is 8.91. The SMILES string of the molecule is CC(C)(C)c1ccccc1OCCC1(N)CCCC1. The van der Waals surface area contributed by atoms with Crippen molar-refractivity contribution >= 4 is 0 Å². The molecule has 1 aliphatic rings. The van der Waals surface area contributed by atoms with Crippen LogP contribution in [0.15, 0.2) is 24.3 Å². The lowest BCUT2D eigenvalue weighted by atomic mass is 9.86. The third kappa shape index (κ3) is 3.73. The van der Waals surface area contributed by atoms with Gasteiger partial charge in [-0.15, -0.1) is 0 Å². The van der Waals surface area contributed by atoms with E-state index in [0.29, 0.717) is 0 Å². The Kier molecular flexibility index (Phi) is 4.19. The van der Waals surface area contributed by atoms with Gasteiger partial charge in [0.25, 0.3) is 0 Å². The third-order valence-corrected chi connectivity index (χ3v) is 4.15. The Labute approximate surface area is 117 Å². The minimum Gasteiger partial charge on any atom is -0.493 e. The van der Waals surface area contributed by atoms with Gasteiger partial charge in [-0.3, -0.25) is 0 Å². The molecule has 0 aliphatic heterocycles. The topological polar surface area (TPSA) is 35.2 Å². The molecule has 0 amide bonds. The maximum Gasteiger partial charge on any atom is 0.123 e. The number of rotatable bonds is 4. The van der Waals surface area contributed by atoms with Gasteiger partial charge in [0.1, 0.15) is 5.75 Å². The molecule has 1 aromatic rings. The largest absolute Gasteiger partial charge is 0.493 e. The van der Waals surface area contributed by atoms with Gasteiger partial charge < -0.3 is 10.5 Å². The van der Waals surface area contributed by atoms with E-state index in [1.165, 1.54) is 18.4 Å². The van der Waals surface area contributed by atoms with Crippen LogP contribution in [-0.2, 0) is 5.41 Å². The highest BCUT2D eigenvalue weighted by molar-refractivity contribution is 5.38. The Bertz CT molecular complexity index is 414. The lowest BCUT2D eigenvalue weighted by Crippen LogP contribution is -2.37. The van der Waals surface area contributed by atoms with Gasteiger partial charge in [-0.05, 0) is 36.3 Å². The van der Waals surface area contributed by atoms with Crippen LogP contribution in [0.4, 0.5) is 0 Å². The lowest BCUT2D eigenvalue weighted by Gasteiger charge is -2.26. The summed E-state index contributed by atoms with van der Waals surface area (Å²) in [6.07, 6.45) is 5.81. The predicted octanol–water partition coefficient (Wildman–Crippen LogP) is 4.02. The summed E-state index contributed by atoms with van der Waals surface area (Å²) < 4.78 is 6.01. The minimum absolute atomic E-state index is 0.0245. The predicted molar refractivity (Wildman–Crippen MR) is 80.6 cm³/mol. The second-order valence-electron chi connectivity index (χ2n) is 6.91. The second-order valence-corrected chi connectivity index (χ2v) is 6.91. The van der Waals surface area contributed by atoms with Crippen LogP contribution in [0.2, 0.25) is 0 Å². The summed E-state index contributed by atoms with van der Waals surface area (Å²) >= 11 is 0. The number of ether oxygens (including phenoxy) is 1. The average Bonchev–Trinajstić information content (AvgIpc) is 2.76. The highest BCUT2D eigenvalue weighted by Gasteiger charge is 2.29. The van der Waals surface area contributed by atoms with E-state index in [0.717, 1.165) is 31.6 Å². The van der Waals surface area contributed by atoms with Crippen LogP contribution in [0.25, 0.3) is 0 Å². The van der Waals surface area contributed by atoms with E-state index in [2.05, 4.69) is 39.0 Å². The molecular formula is C17H27NO. The van der Waals surface area contributed by atoms with Gasteiger partial charge in [-0.2, -0.15) is 0 Å². The van der Waals surface area contributed by atoms with Crippen molar-refractivity contribution in [1.29, 1.82) is 0 Å². The Hall–Kier alpha value is -1.02. The van der Waals surface area contributed by atoms with E-state index in [1.807, 2.05) is 6.07 Å². The molecule has 0 atom stereocenters. The quantitative estimate of drug-likeness (QED) is 0.888. The third-order valence-electron chi connectivity index (χ3n) is 4.15. The van der Waals surface area contributed by atoms with Crippen molar-refractivity contribution in [2.24, 2.45) is 5.73 Å². The average molecular weight is 261 g/mol. The van der Waals surface area contributed by atoms with Crippen molar-refractivity contribution in [3.05, 3.63) is 29.8 Å². The summed E-state index contributed by atoms with van der Waals surface area (Å²) in [5.41, 5.74) is 7.78. The van der Waals surface area contributed by atoms with Gasteiger partial charge in [-0.25, -0.2) is 0 Å². The fourth-order valence-corrected chi connectivity index (χ4v) is 2.91. The van der Waals surface area contributed by atoms with Gasteiger partial charge in [-0.1, -0.05) is 51.8 Å². The second kappa shape index (κ2) is 5.54. The normalized spacial score (nSPS) is 18.5. The summed E-state index contributed by atoms with van der Waals surface area (Å²) in [5, 5.41) is 0. The number of hydrogen-bond acceptors (Lipinski definition) is 2. The Morgan fingerprint density at radius 1 is 1.16 bits per heavy atom. The van der Waals surface area contributed by atoms with Gasteiger partial charge in [0.2, 0.25) is 0 Å². The van der Waals surface area contributed by atoms with Crippen molar-refractivity contribution in [3.63, 3.8) is 0 Å². The van der Waals surface area contributed by atoms with Gasteiger partial charge >= 0.3 is 0 Å². The summed E-state index contributed by atoms with van der Waals surface area (Å²) in [7, 11) is 0. The molecule has 2 nitrogen and oxygen atoms in total. The van der Waals surface area contributed by atoms with E-state index >= 15 is 0 Å². The molecule has 1 fully saturated rings. The van der Waals surface area contributed by atoms with Crippen molar-refractivity contribution in [1.82, 2.24) is 0 Å². The first kappa shape index (κ1) is 14.4. The molecule has 19 heavy (non-hydrogen) atoms. The van der Waals surface area contributed by atoms with Crippen LogP contribution in [0.1, 0.15) is 58.4 Å². The van der Waals surface area contributed by atoms with Crippen LogP contribution in [0.5, 0.6) is 5.75 Å². The zero-order valence-electron chi connectivity index (χ0n) is 12.5. The van der Waals surface area contributed by atoms with Crippen LogP contribution in [0.3, 0.4) is 0 Å². The molecule has 2 rings (SSSR count).